The monoisotopic (exact) mass is 1040 g/mol. The molecule has 12 rings (SSSR count). The fourth-order valence-electron chi connectivity index (χ4n) is 15.7. The first kappa shape index (κ1) is 48.0. The number of fused-ring (bicyclic) bond motifs is 13. The standard InChI is InChI=1S/C52H50N8O16/c1-73-45(69)53-23-19-49(27-11-5-7-17-33(27)57(37(49)53)41(61)62)29-13-9-15-31-35(29)59(43(65)66)39-51(31,21-25-55(39)47(71)75-3)52-22-26-56(48(72)76-4)40(52)60(44(67)68)36-30(14-10-16-32(36)52)50-20-24-54(46(70)74-2)38(50)58(42(63)64)34-18-8-6-12-28(34)50/h5-18,37-40H,19-26H2,1-4H3,(H,61,62)(H,63,64)(H,65,66)(H,67,68). The van der Waals surface area contributed by atoms with Gasteiger partial charge in [-0.2, -0.15) is 0 Å². The van der Waals surface area contributed by atoms with Gasteiger partial charge in [-0.3, -0.25) is 39.2 Å². The Morgan fingerprint density at radius 3 is 1.00 bits per heavy atom. The number of para-hydroxylation sites is 4. The molecule has 8 heterocycles. The van der Waals surface area contributed by atoms with Gasteiger partial charge in [0.1, 0.15) is 24.7 Å². The number of carboxylic acid groups (broad SMARTS) is 4. The van der Waals surface area contributed by atoms with Crippen molar-refractivity contribution < 1.29 is 77.7 Å². The van der Waals surface area contributed by atoms with Crippen LogP contribution in [0.1, 0.15) is 59.1 Å². The van der Waals surface area contributed by atoms with Gasteiger partial charge in [-0.25, -0.2) is 38.4 Å². The van der Waals surface area contributed by atoms with Gasteiger partial charge in [0.15, 0.2) is 0 Å². The van der Waals surface area contributed by atoms with Crippen molar-refractivity contribution in [3.63, 3.8) is 0 Å². The average Bonchev–Trinajstić information content (AvgIpc) is 4.38. The molecular formula is C52H50N8O16. The van der Waals surface area contributed by atoms with E-state index in [4.69, 9.17) is 18.9 Å². The van der Waals surface area contributed by atoms with Crippen molar-refractivity contribution >= 4 is 71.5 Å². The molecule has 76 heavy (non-hydrogen) atoms. The molecule has 394 valence electrons. The van der Waals surface area contributed by atoms with E-state index in [1.54, 1.807) is 84.9 Å². The number of hydrogen-bond donors (Lipinski definition) is 4. The van der Waals surface area contributed by atoms with Gasteiger partial charge in [0, 0.05) is 26.2 Å². The molecule has 4 saturated heterocycles. The number of likely N-dealkylation sites (tertiary alicyclic amines) is 4. The highest BCUT2D eigenvalue weighted by molar-refractivity contribution is 6.02. The van der Waals surface area contributed by atoms with Crippen LogP contribution in [0.25, 0.3) is 0 Å². The van der Waals surface area contributed by atoms with Crippen molar-refractivity contribution in [1.29, 1.82) is 0 Å². The van der Waals surface area contributed by atoms with E-state index in [9.17, 15) is 58.8 Å². The smallest absolute Gasteiger partial charge is 0.413 e. The van der Waals surface area contributed by atoms with E-state index in [1.165, 1.54) is 33.8 Å². The van der Waals surface area contributed by atoms with E-state index < -0.39 is 95.1 Å². The lowest BCUT2D eigenvalue weighted by Gasteiger charge is -2.49. The summed E-state index contributed by atoms with van der Waals surface area (Å²) in [5.74, 6) is 0. The van der Waals surface area contributed by atoms with Crippen molar-refractivity contribution in [2.75, 3.05) is 74.2 Å². The second-order valence-electron chi connectivity index (χ2n) is 20.1. The molecule has 4 N–H and O–H groups in total. The Morgan fingerprint density at radius 1 is 0.382 bits per heavy atom. The number of carbonyl (C=O) groups excluding carboxylic acids is 4. The molecular weight excluding hydrogens is 993 g/mol. The van der Waals surface area contributed by atoms with Crippen LogP contribution >= 0.6 is 0 Å². The normalized spacial score (nSPS) is 28.7. The van der Waals surface area contributed by atoms with E-state index in [1.807, 2.05) is 0 Å². The van der Waals surface area contributed by atoms with E-state index in [0.29, 0.717) is 22.3 Å². The quantitative estimate of drug-likeness (QED) is 0.157. The van der Waals surface area contributed by atoms with Crippen LogP contribution in [-0.4, -0.2) is 168 Å². The molecule has 0 spiro atoms. The van der Waals surface area contributed by atoms with E-state index in [2.05, 4.69) is 0 Å². The van der Waals surface area contributed by atoms with Crippen LogP contribution in [0.3, 0.4) is 0 Å². The van der Waals surface area contributed by atoms with Crippen molar-refractivity contribution in [1.82, 2.24) is 19.6 Å². The van der Waals surface area contributed by atoms with Crippen molar-refractivity contribution in [3.05, 3.63) is 118 Å². The maximum absolute atomic E-state index is 14.7. The number of ether oxygens (including phenoxy) is 4. The minimum atomic E-state index is -1.72. The lowest BCUT2D eigenvalue weighted by molar-refractivity contribution is 0.0767. The van der Waals surface area contributed by atoms with Crippen LogP contribution < -0.4 is 19.6 Å². The number of amides is 8. The average molecular weight is 1040 g/mol. The lowest BCUT2D eigenvalue weighted by Crippen LogP contribution is -2.65. The van der Waals surface area contributed by atoms with Gasteiger partial charge in [0.05, 0.1) is 72.8 Å². The molecule has 0 aliphatic carbocycles. The van der Waals surface area contributed by atoms with Crippen LogP contribution in [-0.2, 0) is 40.6 Å². The highest BCUT2D eigenvalue weighted by atomic mass is 16.6. The SMILES string of the molecule is COC(=O)N1CCC2(c3cccc4c3N(C(=O)O)C3N(C(=O)OC)CCC43C34CCN(C(=O)OC)C3N(C(=O)O)c3c(C56CCN(C(=O)OC)C5N(C(=O)O)c5ccccc56)cccc34)c3ccccc3N(C(=O)O)C12. The summed E-state index contributed by atoms with van der Waals surface area (Å²) in [5, 5.41) is 45.9. The zero-order valence-electron chi connectivity index (χ0n) is 41.3. The summed E-state index contributed by atoms with van der Waals surface area (Å²) >= 11 is 0. The van der Waals surface area contributed by atoms with Gasteiger partial charge < -0.3 is 39.4 Å². The molecule has 0 bridgehead atoms. The predicted octanol–water partition coefficient (Wildman–Crippen LogP) is 6.62. The molecule has 8 aliphatic heterocycles. The van der Waals surface area contributed by atoms with Gasteiger partial charge in [-0.05, 0) is 71.2 Å². The molecule has 8 atom stereocenters. The summed E-state index contributed by atoms with van der Waals surface area (Å²) in [6, 6.07) is 23.5. The van der Waals surface area contributed by atoms with Crippen LogP contribution in [0.4, 0.5) is 61.1 Å². The Labute approximate surface area is 432 Å². The van der Waals surface area contributed by atoms with Crippen LogP contribution in [0.5, 0.6) is 0 Å². The van der Waals surface area contributed by atoms with Crippen LogP contribution in [0.2, 0.25) is 0 Å². The fraction of sp³-hybridized carbons (Fsp3) is 0.385. The molecule has 8 aliphatic rings. The van der Waals surface area contributed by atoms with Crippen molar-refractivity contribution in [2.45, 2.75) is 72.0 Å². The Bertz CT molecular complexity index is 3070. The molecule has 4 aromatic carbocycles. The Morgan fingerprint density at radius 2 is 0.671 bits per heavy atom. The summed E-state index contributed by atoms with van der Waals surface area (Å²) in [6.07, 6.45) is -15.1. The minimum absolute atomic E-state index is 0.0303. The Kier molecular flexibility index (Phi) is 10.3. The second kappa shape index (κ2) is 16.3. The summed E-state index contributed by atoms with van der Waals surface area (Å²) in [7, 11) is 4.63. The molecule has 8 amide bonds. The maximum Gasteiger partial charge on any atom is 0.413 e. The van der Waals surface area contributed by atoms with E-state index >= 15 is 0 Å². The van der Waals surface area contributed by atoms with Gasteiger partial charge >= 0.3 is 48.7 Å². The molecule has 24 heteroatoms. The number of rotatable bonds is 3. The number of hydrogen-bond acceptors (Lipinski definition) is 12. The number of nitrogens with zero attached hydrogens (tertiary/aromatic N) is 8. The van der Waals surface area contributed by atoms with Crippen molar-refractivity contribution in [3.8, 4) is 0 Å². The Hall–Kier alpha value is -8.96. The van der Waals surface area contributed by atoms with E-state index in [0.717, 1.165) is 33.8 Å². The van der Waals surface area contributed by atoms with Gasteiger partial charge in [0.2, 0.25) is 0 Å². The summed E-state index contributed by atoms with van der Waals surface area (Å²) in [4.78, 5) is 122. The number of carbonyl (C=O) groups is 8. The van der Waals surface area contributed by atoms with Gasteiger partial charge in [0.25, 0.3) is 0 Å². The van der Waals surface area contributed by atoms with Crippen LogP contribution in [0.15, 0.2) is 84.9 Å². The molecule has 4 fully saturated rings. The highest BCUT2D eigenvalue weighted by Crippen LogP contribution is 2.73. The molecule has 0 radical (unpaired) electrons. The largest absolute Gasteiger partial charge is 0.465 e. The molecule has 8 unspecified atom stereocenters. The third-order valence-corrected chi connectivity index (χ3v) is 17.9. The number of benzene rings is 4. The topological polar surface area (TPSA) is 280 Å². The summed E-state index contributed by atoms with van der Waals surface area (Å²) in [6.45, 7) is -0.338. The first-order valence-corrected chi connectivity index (χ1v) is 24.5. The van der Waals surface area contributed by atoms with Gasteiger partial charge in [-0.15, -0.1) is 0 Å². The summed E-state index contributed by atoms with van der Waals surface area (Å²) < 4.78 is 21.3. The third-order valence-electron chi connectivity index (χ3n) is 17.9. The molecule has 0 saturated carbocycles. The zero-order valence-corrected chi connectivity index (χ0v) is 41.3. The second-order valence-corrected chi connectivity index (χ2v) is 20.1. The van der Waals surface area contributed by atoms with Crippen LogP contribution in [0, 0.1) is 0 Å². The molecule has 24 nitrogen and oxygen atoms in total. The maximum atomic E-state index is 14.7. The summed E-state index contributed by atoms with van der Waals surface area (Å²) in [5.41, 5.74) is -3.75. The predicted molar refractivity (Wildman–Crippen MR) is 263 cm³/mol. The number of methoxy groups -OCH3 is 4. The first-order valence-electron chi connectivity index (χ1n) is 24.5. The lowest BCUT2D eigenvalue weighted by atomic mass is 9.54. The zero-order chi connectivity index (χ0) is 53.7. The fourth-order valence-corrected chi connectivity index (χ4v) is 15.7. The Balaban J connectivity index is 1.20. The third kappa shape index (κ3) is 5.41. The minimum Gasteiger partial charge on any atom is -0.465 e. The number of anilines is 4. The molecule has 0 aromatic heterocycles. The first-order chi connectivity index (χ1) is 36.5. The van der Waals surface area contributed by atoms with Crippen molar-refractivity contribution in [2.24, 2.45) is 0 Å². The molecule has 4 aromatic rings. The highest BCUT2D eigenvalue weighted by Gasteiger charge is 2.79. The van der Waals surface area contributed by atoms with E-state index in [-0.39, 0.29) is 85.7 Å². The van der Waals surface area contributed by atoms with Gasteiger partial charge in [-0.1, -0.05) is 72.8 Å².